The van der Waals surface area contributed by atoms with Crippen molar-refractivity contribution in [2.45, 2.75) is 32.2 Å². The molecule has 2 aromatic rings. The molecule has 2 aromatic carbocycles. The Kier molecular flexibility index (Phi) is 5.42. The van der Waals surface area contributed by atoms with E-state index in [0.29, 0.717) is 4.47 Å². The average molecular weight is 371 g/mol. The normalized spacial score (nSPS) is 14.0. The summed E-state index contributed by atoms with van der Waals surface area (Å²) in [5.41, 5.74) is 9.53. The molecule has 0 saturated heterocycles. The van der Waals surface area contributed by atoms with Crippen molar-refractivity contribution < 1.29 is 4.39 Å². The molecule has 0 amide bonds. The van der Waals surface area contributed by atoms with E-state index in [4.69, 9.17) is 17.3 Å². The van der Waals surface area contributed by atoms with Crippen molar-refractivity contribution in [1.29, 1.82) is 0 Å². The maximum Gasteiger partial charge on any atom is 0.137 e. The van der Waals surface area contributed by atoms with Gasteiger partial charge >= 0.3 is 0 Å². The average Bonchev–Trinajstić information content (AvgIpc) is 2.46. The first-order chi connectivity index (χ1) is 9.93. The van der Waals surface area contributed by atoms with Crippen LogP contribution >= 0.6 is 27.5 Å². The van der Waals surface area contributed by atoms with Crippen molar-refractivity contribution >= 4 is 27.5 Å². The smallest absolute Gasteiger partial charge is 0.137 e. The molecule has 0 radical (unpaired) electrons. The van der Waals surface area contributed by atoms with Crippen LogP contribution in [0.5, 0.6) is 0 Å². The summed E-state index contributed by atoms with van der Waals surface area (Å²) < 4.78 is 13.8. The van der Waals surface area contributed by atoms with Crippen LogP contribution in [0.2, 0.25) is 5.02 Å². The lowest BCUT2D eigenvalue weighted by Crippen LogP contribution is -2.19. The van der Waals surface area contributed by atoms with Gasteiger partial charge in [-0.25, -0.2) is 4.39 Å². The SMILES string of the molecule is CC[C@H](c1ccc(Cl)c(C)c1)C(N)c1ccc(F)c(Br)c1. The summed E-state index contributed by atoms with van der Waals surface area (Å²) in [5.74, 6) is -0.111. The zero-order valence-corrected chi connectivity index (χ0v) is 14.4. The largest absolute Gasteiger partial charge is 0.323 e. The quantitative estimate of drug-likeness (QED) is 0.729. The molecule has 0 aliphatic heterocycles. The third-order valence-electron chi connectivity index (χ3n) is 3.81. The fourth-order valence-corrected chi connectivity index (χ4v) is 3.06. The number of rotatable bonds is 4. The highest BCUT2D eigenvalue weighted by Crippen LogP contribution is 2.34. The molecule has 21 heavy (non-hydrogen) atoms. The zero-order chi connectivity index (χ0) is 15.6. The maximum atomic E-state index is 13.4. The van der Waals surface area contributed by atoms with Crippen LogP contribution in [0, 0.1) is 12.7 Å². The molecular formula is C17H18BrClFN. The Bertz CT molecular complexity index is 645. The first-order valence-electron chi connectivity index (χ1n) is 6.90. The van der Waals surface area contributed by atoms with E-state index in [0.717, 1.165) is 28.1 Å². The van der Waals surface area contributed by atoms with Crippen molar-refractivity contribution in [3.8, 4) is 0 Å². The Morgan fingerprint density at radius 2 is 1.86 bits per heavy atom. The predicted octanol–water partition coefficient (Wildman–Crippen LogP) is 5.74. The van der Waals surface area contributed by atoms with Gasteiger partial charge in [-0.15, -0.1) is 0 Å². The highest BCUT2D eigenvalue weighted by molar-refractivity contribution is 9.10. The second-order valence-electron chi connectivity index (χ2n) is 5.22. The number of benzene rings is 2. The summed E-state index contributed by atoms with van der Waals surface area (Å²) in [6, 6.07) is 10.8. The molecule has 0 spiro atoms. The number of nitrogens with two attached hydrogens (primary N) is 1. The summed E-state index contributed by atoms with van der Waals surface area (Å²) in [4.78, 5) is 0. The van der Waals surface area contributed by atoms with Crippen LogP contribution in [0.3, 0.4) is 0 Å². The monoisotopic (exact) mass is 369 g/mol. The van der Waals surface area contributed by atoms with Gasteiger partial charge in [0.1, 0.15) is 5.82 Å². The van der Waals surface area contributed by atoms with E-state index >= 15 is 0 Å². The summed E-state index contributed by atoms with van der Waals surface area (Å²) in [7, 11) is 0. The predicted molar refractivity (Wildman–Crippen MR) is 90.2 cm³/mol. The van der Waals surface area contributed by atoms with Crippen molar-refractivity contribution in [2.24, 2.45) is 5.73 Å². The summed E-state index contributed by atoms with van der Waals surface area (Å²) in [5, 5.41) is 0.756. The standard InChI is InChI=1S/C17H18BrClFN/c1-3-13(11-4-6-15(19)10(2)8-11)17(21)12-5-7-16(20)14(18)9-12/h4-9,13,17H,3,21H2,1-2H3/t13-,17?/m1/s1. The number of hydrogen-bond acceptors (Lipinski definition) is 1. The lowest BCUT2D eigenvalue weighted by Gasteiger charge is -2.24. The van der Waals surface area contributed by atoms with E-state index in [1.165, 1.54) is 6.07 Å². The minimum absolute atomic E-state index is 0.165. The molecule has 1 unspecified atom stereocenters. The molecule has 0 saturated carbocycles. The molecule has 0 fully saturated rings. The highest BCUT2D eigenvalue weighted by atomic mass is 79.9. The van der Waals surface area contributed by atoms with Crippen molar-refractivity contribution in [3.63, 3.8) is 0 Å². The van der Waals surface area contributed by atoms with Crippen molar-refractivity contribution in [3.05, 3.63) is 68.4 Å². The van der Waals surface area contributed by atoms with Crippen LogP contribution < -0.4 is 5.73 Å². The van der Waals surface area contributed by atoms with Gasteiger partial charge in [-0.3, -0.25) is 0 Å². The van der Waals surface area contributed by atoms with Crippen LogP contribution in [-0.2, 0) is 0 Å². The topological polar surface area (TPSA) is 26.0 Å². The van der Waals surface area contributed by atoms with Crippen LogP contribution in [0.4, 0.5) is 4.39 Å². The molecule has 2 N–H and O–H groups in total. The van der Waals surface area contributed by atoms with E-state index in [1.807, 2.05) is 19.1 Å². The van der Waals surface area contributed by atoms with Crippen LogP contribution in [-0.4, -0.2) is 0 Å². The Morgan fingerprint density at radius 1 is 1.19 bits per heavy atom. The van der Waals surface area contributed by atoms with Gasteiger partial charge in [0.2, 0.25) is 0 Å². The van der Waals surface area contributed by atoms with Crippen LogP contribution in [0.1, 0.15) is 42.0 Å². The second kappa shape index (κ2) is 6.91. The lowest BCUT2D eigenvalue weighted by atomic mass is 9.85. The summed E-state index contributed by atoms with van der Waals surface area (Å²) in [6.07, 6.45) is 0.900. The molecule has 112 valence electrons. The number of hydrogen-bond donors (Lipinski definition) is 1. The second-order valence-corrected chi connectivity index (χ2v) is 6.48. The molecule has 4 heteroatoms. The van der Waals surface area contributed by atoms with Gasteiger partial charge in [0.15, 0.2) is 0 Å². The maximum absolute atomic E-state index is 13.4. The zero-order valence-electron chi connectivity index (χ0n) is 12.0. The first kappa shape index (κ1) is 16.5. The van der Waals surface area contributed by atoms with Gasteiger partial charge < -0.3 is 5.73 Å². The summed E-state index contributed by atoms with van der Waals surface area (Å²) >= 11 is 9.30. The molecule has 0 aliphatic carbocycles. The van der Waals surface area contributed by atoms with E-state index < -0.39 is 0 Å². The third-order valence-corrected chi connectivity index (χ3v) is 4.84. The highest BCUT2D eigenvalue weighted by Gasteiger charge is 2.21. The molecule has 0 aromatic heterocycles. The van der Waals surface area contributed by atoms with E-state index in [2.05, 4.69) is 28.9 Å². The van der Waals surface area contributed by atoms with Gasteiger partial charge in [0.25, 0.3) is 0 Å². The molecule has 1 nitrogen and oxygen atoms in total. The Labute approximate surface area is 138 Å². The molecule has 2 atom stereocenters. The van der Waals surface area contributed by atoms with Crippen molar-refractivity contribution in [1.82, 2.24) is 0 Å². The van der Waals surface area contributed by atoms with Crippen LogP contribution in [0.25, 0.3) is 0 Å². The van der Waals surface area contributed by atoms with Gasteiger partial charge in [-0.2, -0.15) is 0 Å². The lowest BCUT2D eigenvalue weighted by molar-refractivity contribution is 0.536. The van der Waals surface area contributed by atoms with E-state index in [9.17, 15) is 4.39 Å². The minimum Gasteiger partial charge on any atom is -0.323 e. The Hall–Kier alpha value is -0.900. The van der Waals surface area contributed by atoms with Gasteiger partial charge in [0, 0.05) is 17.0 Å². The molecular weight excluding hydrogens is 353 g/mol. The van der Waals surface area contributed by atoms with Crippen LogP contribution in [0.15, 0.2) is 40.9 Å². The molecule has 0 bridgehead atoms. The summed E-state index contributed by atoms with van der Waals surface area (Å²) in [6.45, 7) is 4.09. The third kappa shape index (κ3) is 3.65. The fourth-order valence-electron chi connectivity index (χ4n) is 2.55. The number of halogens is 3. The first-order valence-corrected chi connectivity index (χ1v) is 8.07. The number of aryl methyl sites for hydroxylation is 1. The fraction of sp³-hybridized carbons (Fsp3) is 0.294. The van der Waals surface area contributed by atoms with E-state index in [1.54, 1.807) is 12.1 Å². The van der Waals surface area contributed by atoms with Gasteiger partial charge in [-0.05, 0) is 64.2 Å². The molecule has 2 rings (SSSR count). The Balaban J connectivity index is 2.35. The van der Waals surface area contributed by atoms with E-state index in [-0.39, 0.29) is 17.8 Å². The molecule has 0 heterocycles. The van der Waals surface area contributed by atoms with Crippen molar-refractivity contribution in [2.75, 3.05) is 0 Å². The van der Waals surface area contributed by atoms with Gasteiger partial charge in [-0.1, -0.05) is 36.7 Å². The van der Waals surface area contributed by atoms with Gasteiger partial charge in [0.05, 0.1) is 4.47 Å². The Morgan fingerprint density at radius 3 is 2.43 bits per heavy atom. The molecule has 0 aliphatic rings. The minimum atomic E-state index is -0.277.